The highest BCUT2D eigenvalue weighted by Gasteiger charge is 2.38. The summed E-state index contributed by atoms with van der Waals surface area (Å²) in [6, 6.07) is 1.60. The molecule has 3 saturated carbocycles. The number of aliphatic hydroxyl groups is 1. The molecule has 0 spiro atoms. The Kier molecular flexibility index (Phi) is 5.40. The lowest BCUT2D eigenvalue weighted by Gasteiger charge is -2.36. The highest BCUT2D eigenvalue weighted by Crippen LogP contribution is 2.35. The zero-order valence-corrected chi connectivity index (χ0v) is 14.0. The minimum absolute atomic E-state index is 0.326. The molecule has 0 aromatic carbocycles. The van der Waals surface area contributed by atoms with Gasteiger partial charge in [-0.3, -0.25) is 9.69 Å². The van der Waals surface area contributed by atoms with E-state index in [9.17, 15) is 9.90 Å². The van der Waals surface area contributed by atoms with Crippen LogP contribution in [0.3, 0.4) is 0 Å². The lowest BCUT2D eigenvalue weighted by atomic mass is 9.86. The Labute approximate surface area is 134 Å². The van der Waals surface area contributed by atoms with E-state index < -0.39 is 0 Å². The summed E-state index contributed by atoms with van der Waals surface area (Å²) in [6.45, 7) is 0.911. The smallest absolute Gasteiger partial charge is 0.237 e. The van der Waals surface area contributed by atoms with E-state index in [2.05, 4.69) is 16.8 Å². The van der Waals surface area contributed by atoms with E-state index in [0.717, 1.165) is 25.7 Å². The fraction of sp³-hybridized carbons (Fsp3) is 0.944. The first-order chi connectivity index (χ1) is 10.7. The van der Waals surface area contributed by atoms with Gasteiger partial charge in [-0.25, -0.2) is 0 Å². The number of nitrogens with zero attached hydrogens (tertiary/aromatic N) is 2. The average Bonchev–Trinajstić information content (AvgIpc) is 3.21. The van der Waals surface area contributed by atoms with E-state index in [1.165, 1.54) is 38.5 Å². The quantitative estimate of drug-likeness (QED) is 0.819. The van der Waals surface area contributed by atoms with Crippen LogP contribution in [0, 0.1) is 5.92 Å². The first kappa shape index (κ1) is 16.3. The Hall–Kier alpha value is -0.610. The molecule has 0 aromatic heterocycles. The Bertz CT molecular complexity index is 369. The minimum atomic E-state index is 0.326. The van der Waals surface area contributed by atoms with Crippen molar-refractivity contribution in [3.8, 4) is 0 Å². The van der Waals surface area contributed by atoms with Crippen molar-refractivity contribution >= 4 is 5.91 Å². The largest absolute Gasteiger partial charge is 0.396 e. The molecule has 1 N–H and O–H groups in total. The number of amides is 1. The summed E-state index contributed by atoms with van der Waals surface area (Å²) in [5.74, 6) is 0.850. The summed E-state index contributed by atoms with van der Waals surface area (Å²) in [7, 11) is 2.11. The molecule has 0 radical (unpaired) electrons. The van der Waals surface area contributed by atoms with Crippen LogP contribution in [0.4, 0.5) is 0 Å². The summed E-state index contributed by atoms with van der Waals surface area (Å²) >= 11 is 0. The Morgan fingerprint density at radius 1 is 0.909 bits per heavy atom. The summed E-state index contributed by atoms with van der Waals surface area (Å²) in [4.78, 5) is 17.4. The fourth-order valence-electron chi connectivity index (χ4n) is 4.43. The van der Waals surface area contributed by atoms with Crippen molar-refractivity contribution in [2.24, 2.45) is 5.92 Å². The van der Waals surface area contributed by atoms with Gasteiger partial charge in [-0.05, 0) is 64.3 Å². The van der Waals surface area contributed by atoms with Crippen molar-refractivity contribution in [1.82, 2.24) is 9.80 Å². The lowest BCUT2D eigenvalue weighted by molar-refractivity contribution is -0.135. The molecule has 0 bridgehead atoms. The van der Waals surface area contributed by atoms with Gasteiger partial charge < -0.3 is 10.0 Å². The van der Waals surface area contributed by atoms with Crippen LogP contribution in [0.15, 0.2) is 0 Å². The fourth-order valence-corrected chi connectivity index (χ4v) is 4.43. The van der Waals surface area contributed by atoms with Crippen molar-refractivity contribution in [1.29, 1.82) is 0 Å². The minimum Gasteiger partial charge on any atom is -0.396 e. The monoisotopic (exact) mass is 308 g/mol. The van der Waals surface area contributed by atoms with E-state index >= 15 is 0 Å². The third-order valence-corrected chi connectivity index (χ3v) is 6.03. The SMILES string of the molecule is CN(CC(=O)N(C1CCCC1)C1CC1)C1CCC(CO)CC1. The molecule has 126 valence electrons. The standard InChI is InChI=1S/C18H32N2O2/c1-19(15-8-6-14(13-21)7-9-15)12-18(22)20(17-10-11-17)16-4-2-3-5-16/h14-17,21H,2-13H2,1H3. The zero-order chi connectivity index (χ0) is 15.5. The van der Waals surface area contributed by atoms with Gasteiger partial charge in [0.2, 0.25) is 5.91 Å². The summed E-state index contributed by atoms with van der Waals surface area (Å²) in [5.41, 5.74) is 0. The van der Waals surface area contributed by atoms with E-state index in [0.29, 0.717) is 43.1 Å². The number of likely N-dealkylation sites (N-methyl/N-ethyl adjacent to an activating group) is 1. The molecule has 0 unspecified atom stereocenters. The first-order valence-electron chi connectivity index (χ1n) is 9.31. The Morgan fingerprint density at radius 2 is 1.45 bits per heavy atom. The molecule has 3 fully saturated rings. The Balaban J connectivity index is 1.51. The van der Waals surface area contributed by atoms with Crippen molar-refractivity contribution in [3.05, 3.63) is 0 Å². The maximum Gasteiger partial charge on any atom is 0.237 e. The number of carbonyl (C=O) groups is 1. The number of carbonyl (C=O) groups excluding carboxylic acids is 1. The summed E-state index contributed by atoms with van der Waals surface area (Å²) in [6.07, 6.45) is 11.9. The molecule has 4 heteroatoms. The highest BCUT2D eigenvalue weighted by atomic mass is 16.3. The van der Waals surface area contributed by atoms with Crippen LogP contribution in [0.25, 0.3) is 0 Å². The van der Waals surface area contributed by atoms with Gasteiger partial charge in [0.15, 0.2) is 0 Å². The van der Waals surface area contributed by atoms with Crippen LogP contribution < -0.4 is 0 Å². The maximum absolute atomic E-state index is 12.8. The number of hydrogen-bond acceptors (Lipinski definition) is 3. The molecule has 0 atom stereocenters. The molecule has 4 nitrogen and oxygen atoms in total. The molecule has 0 saturated heterocycles. The molecule has 0 heterocycles. The molecular weight excluding hydrogens is 276 g/mol. The molecule has 3 aliphatic carbocycles. The predicted molar refractivity (Wildman–Crippen MR) is 87.6 cm³/mol. The van der Waals surface area contributed by atoms with Crippen molar-refractivity contribution < 1.29 is 9.90 Å². The molecular formula is C18H32N2O2. The van der Waals surface area contributed by atoms with Crippen LogP contribution in [-0.2, 0) is 4.79 Å². The second-order valence-corrected chi connectivity index (χ2v) is 7.74. The van der Waals surface area contributed by atoms with Crippen LogP contribution in [0.5, 0.6) is 0 Å². The normalized spacial score (nSPS) is 30.0. The topological polar surface area (TPSA) is 43.8 Å². The third kappa shape index (κ3) is 3.83. The average molecular weight is 308 g/mol. The first-order valence-corrected chi connectivity index (χ1v) is 9.31. The van der Waals surface area contributed by atoms with Gasteiger partial charge in [-0.2, -0.15) is 0 Å². The van der Waals surface area contributed by atoms with Crippen LogP contribution in [0.2, 0.25) is 0 Å². The summed E-state index contributed by atoms with van der Waals surface area (Å²) < 4.78 is 0. The Morgan fingerprint density at radius 3 is 2.00 bits per heavy atom. The van der Waals surface area contributed by atoms with Gasteiger partial charge >= 0.3 is 0 Å². The van der Waals surface area contributed by atoms with Crippen LogP contribution >= 0.6 is 0 Å². The van der Waals surface area contributed by atoms with Crippen LogP contribution in [0.1, 0.15) is 64.2 Å². The van der Waals surface area contributed by atoms with Crippen molar-refractivity contribution in [2.75, 3.05) is 20.2 Å². The second kappa shape index (κ2) is 7.31. The van der Waals surface area contributed by atoms with E-state index in [4.69, 9.17) is 0 Å². The number of rotatable bonds is 6. The third-order valence-electron chi connectivity index (χ3n) is 6.03. The molecule has 3 rings (SSSR count). The van der Waals surface area contributed by atoms with E-state index in [-0.39, 0.29) is 0 Å². The van der Waals surface area contributed by atoms with E-state index in [1.807, 2.05) is 0 Å². The van der Waals surface area contributed by atoms with Gasteiger partial charge in [0.1, 0.15) is 0 Å². The van der Waals surface area contributed by atoms with Crippen LogP contribution in [-0.4, -0.2) is 59.1 Å². The van der Waals surface area contributed by atoms with Gasteiger partial charge in [-0.1, -0.05) is 12.8 Å². The molecule has 0 aliphatic heterocycles. The maximum atomic E-state index is 12.8. The van der Waals surface area contributed by atoms with Gasteiger partial charge in [0.25, 0.3) is 0 Å². The summed E-state index contributed by atoms with van der Waals surface area (Å²) in [5, 5.41) is 9.25. The number of hydrogen-bond donors (Lipinski definition) is 1. The zero-order valence-electron chi connectivity index (χ0n) is 14.0. The van der Waals surface area contributed by atoms with Crippen molar-refractivity contribution in [3.63, 3.8) is 0 Å². The molecule has 22 heavy (non-hydrogen) atoms. The predicted octanol–water partition coefficient (Wildman–Crippen LogP) is 2.40. The second-order valence-electron chi connectivity index (χ2n) is 7.74. The van der Waals surface area contributed by atoms with E-state index in [1.54, 1.807) is 0 Å². The molecule has 1 amide bonds. The molecule has 3 aliphatic rings. The van der Waals surface area contributed by atoms with Gasteiger partial charge in [0, 0.05) is 24.7 Å². The van der Waals surface area contributed by atoms with Crippen molar-refractivity contribution in [2.45, 2.75) is 82.3 Å². The van der Waals surface area contributed by atoms with Gasteiger partial charge in [0.05, 0.1) is 6.54 Å². The lowest BCUT2D eigenvalue weighted by Crippen LogP contribution is -2.48. The highest BCUT2D eigenvalue weighted by molar-refractivity contribution is 5.79. The number of aliphatic hydroxyl groups excluding tert-OH is 1. The molecule has 0 aromatic rings. The van der Waals surface area contributed by atoms with Gasteiger partial charge in [-0.15, -0.1) is 0 Å².